The van der Waals surface area contributed by atoms with Crippen LogP contribution in [0.15, 0.2) is 0 Å². The van der Waals surface area contributed by atoms with Crippen LogP contribution in [-0.4, -0.2) is 29.3 Å². The van der Waals surface area contributed by atoms with Crippen molar-refractivity contribution in [2.24, 2.45) is 0 Å². The summed E-state index contributed by atoms with van der Waals surface area (Å²) in [6, 6.07) is 0. The van der Waals surface area contributed by atoms with E-state index in [0.29, 0.717) is 13.0 Å². The second kappa shape index (κ2) is 8.32. The summed E-state index contributed by atoms with van der Waals surface area (Å²) in [7, 11) is 0. The quantitative estimate of drug-likeness (QED) is 0.311. The largest absolute Gasteiger partial charge is 0.359 e. The van der Waals surface area contributed by atoms with Crippen LogP contribution in [0.4, 0.5) is 0 Å². The lowest BCUT2D eigenvalue weighted by molar-refractivity contribution is -0.109. The molecule has 0 aromatic carbocycles. The molecule has 14 heavy (non-hydrogen) atoms. The molecular formula is C7H16NO4PS. The van der Waals surface area contributed by atoms with Gasteiger partial charge >= 0.3 is 6.72 Å². The van der Waals surface area contributed by atoms with Gasteiger partial charge in [-0.25, -0.2) is 0 Å². The second-order valence-corrected chi connectivity index (χ2v) is 5.48. The summed E-state index contributed by atoms with van der Waals surface area (Å²) in [6.07, 6.45) is 4.25. The summed E-state index contributed by atoms with van der Waals surface area (Å²) in [5, 5.41) is 2.56. The minimum atomic E-state index is -3.46. The minimum Gasteiger partial charge on any atom is -0.359 e. The highest BCUT2D eigenvalue weighted by Crippen LogP contribution is 2.36. The molecule has 0 aromatic heterocycles. The Kier molecular flexibility index (Phi) is 8.32. The first-order valence-corrected chi connectivity index (χ1v) is 7.06. The summed E-state index contributed by atoms with van der Waals surface area (Å²) in [5.74, 6) is 0. The van der Waals surface area contributed by atoms with Crippen molar-refractivity contribution < 1.29 is 19.1 Å². The molecule has 0 bridgehead atoms. The number of hydrogen-bond acceptors (Lipinski definition) is 3. The fourth-order valence-corrected chi connectivity index (χ4v) is 1.52. The first kappa shape index (κ1) is 14.0. The predicted octanol–water partition coefficient (Wildman–Crippen LogP) is 0.518. The van der Waals surface area contributed by atoms with Crippen molar-refractivity contribution >= 4 is 24.9 Å². The van der Waals surface area contributed by atoms with Crippen LogP contribution in [-0.2, 0) is 21.1 Å². The Morgan fingerprint density at radius 3 is 2.50 bits per heavy atom. The fourth-order valence-electron chi connectivity index (χ4n) is 0.925. The van der Waals surface area contributed by atoms with Crippen molar-refractivity contribution in [1.82, 2.24) is 5.32 Å². The fraction of sp³-hybridized carbons (Fsp3) is 0.857. The Labute approximate surface area is 88.7 Å². The van der Waals surface area contributed by atoms with Crippen LogP contribution < -0.4 is 5.32 Å². The number of carbonyl (C=O) groups is 1. The van der Waals surface area contributed by atoms with Gasteiger partial charge in [0.2, 0.25) is 6.41 Å². The average Bonchev–Trinajstić information content (AvgIpc) is 2.08. The lowest BCUT2D eigenvalue weighted by Crippen LogP contribution is -2.11. The van der Waals surface area contributed by atoms with Crippen molar-refractivity contribution in [2.45, 2.75) is 25.7 Å². The molecule has 5 nitrogen and oxygen atoms in total. The number of hydrogen-bond donors (Lipinski definition) is 3. The van der Waals surface area contributed by atoms with Gasteiger partial charge in [-0.3, -0.25) is 4.79 Å². The summed E-state index contributed by atoms with van der Waals surface area (Å²) in [5.41, 5.74) is 0. The first-order chi connectivity index (χ1) is 6.56. The van der Waals surface area contributed by atoms with E-state index in [4.69, 9.17) is 9.79 Å². The van der Waals surface area contributed by atoms with Crippen molar-refractivity contribution in [1.29, 1.82) is 0 Å². The lowest BCUT2D eigenvalue weighted by Gasteiger charge is -2.07. The third-order valence-electron chi connectivity index (χ3n) is 1.56. The van der Waals surface area contributed by atoms with E-state index in [2.05, 4.69) is 21.6 Å². The van der Waals surface area contributed by atoms with Gasteiger partial charge in [0.15, 0.2) is 0 Å². The Bertz CT molecular complexity index is 196. The standard InChI is InChI=1S/C7H16NO4PS/c9-7-8-5-3-1-2-4-6-12-13(10,11)14/h7H,1-6H2,(H,8,9)(H2,10,11,14). The maximum atomic E-state index is 9.86. The SMILES string of the molecule is O=CNCCCCCCOP(O)(O)=S. The van der Waals surface area contributed by atoms with Crippen LogP contribution in [0.1, 0.15) is 25.7 Å². The van der Waals surface area contributed by atoms with Crippen LogP contribution in [0.3, 0.4) is 0 Å². The molecule has 0 aliphatic heterocycles. The molecule has 0 atom stereocenters. The van der Waals surface area contributed by atoms with Crippen molar-refractivity contribution in [3.8, 4) is 0 Å². The molecule has 0 rings (SSSR count). The van der Waals surface area contributed by atoms with Crippen LogP contribution in [0, 0.1) is 0 Å². The zero-order valence-corrected chi connectivity index (χ0v) is 9.60. The lowest BCUT2D eigenvalue weighted by atomic mass is 10.2. The van der Waals surface area contributed by atoms with Gasteiger partial charge in [0.1, 0.15) is 0 Å². The Morgan fingerprint density at radius 1 is 1.29 bits per heavy atom. The van der Waals surface area contributed by atoms with Gasteiger partial charge in [-0.15, -0.1) is 0 Å². The molecule has 0 saturated carbocycles. The second-order valence-electron chi connectivity index (χ2n) is 2.81. The molecule has 0 heterocycles. The summed E-state index contributed by atoms with van der Waals surface area (Å²) >= 11 is 4.27. The summed E-state index contributed by atoms with van der Waals surface area (Å²) < 4.78 is 4.62. The number of unbranched alkanes of at least 4 members (excludes halogenated alkanes) is 3. The van der Waals surface area contributed by atoms with Crippen molar-refractivity contribution in [2.75, 3.05) is 13.2 Å². The van der Waals surface area contributed by atoms with E-state index in [1.165, 1.54) is 0 Å². The van der Waals surface area contributed by atoms with E-state index < -0.39 is 6.72 Å². The van der Waals surface area contributed by atoms with E-state index in [1.54, 1.807) is 0 Å². The monoisotopic (exact) mass is 241 g/mol. The number of carbonyl (C=O) groups excluding carboxylic acids is 1. The molecule has 0 unspecified atom stereocenters. The van der Waals surface area contributed by atoms with E-state index >= 15 is 0 Å². The molecule has 0 radical (unpaired) electrons. The highest BCUT2D eigenvalue weighted by Gasteiger charge is 2.05. The van der Waals surface area contributed by atoms with Gasteiger partial charge in [-0.1, -0.05) is 12.8 Å². The smallest absolute Gasteiger partial charge is 0.321 e. The number of nitrogens with one attached hydrogen (secondary N) is 1. The number of amides is 1. The van der Waals surface area contributed by atoms with E-state index in [1.807, 2.05) is 0 Å². The third-order valence-corrected chi connectivity index (χ3v) is 2.39. The summed E-state index contributed by atoms with van der Waals surface area (Å²) in [6.45, 7) is -2.49. The molecule has 0 aliphatic carbocycles. The molecule has 0 fully saturated rings. The predicted molar refractivity (Wildman–Crippen MR) is 57.2 cm³/mol. The van der Waals surface area contributed by atoms with Crippen LogP contribution >= 0.6 is 6.72 Å². The molecule has 1 amide bonds. The Balaban J connectivity index is 3.07. The number of rotatable bonds is 9. The van der Waals surface area contributed by atoms with Gasteiger partial charge in [-0.05, 0) is 24.6 Å². The molecule has 0 aromatic rings. The van der Waals surface area contributed by atoms with Gasteiger partial charge in [0, 0.05) is 6.54 Å². The summed E-state index contributed by atoms with van der Waals surface area (Å²) in [4.78, 5) is 27.3. The van der Waals surface area contributed by atoms with Crippen LogP contribution in [0.5, 0.6) is 0 Å². The van der Waals surface area contributed by atoms with Crippen LogP contribution in [0.25, 0.3) is 0 Å². The maximum Gasteiger partial charge on any atom is 0.321 e. The van der Waals surface area contributed by atoms with Gasteiger partial charge in [-0.2, -0.15) is 0 Å². The van der Waals surface area contributed by atoms with Gasteiger partial charge < -0.3 is 19.6 Å². The molecule has 0 spiro atoms. The van der Waals surface area contributed by atoms with Crippen LogP contribution in [0.2, 0.25) is 0 Å². The van der Waals surface area contributed by atoms with Gasteiger partial charge in [0.25, 0.3) is 0 Å². The van der Waals surface area contributed by atoms with E-state index in [-0.39, 0.29) is 6.61 Å². The Morgan fingerprint density at radius 2 is 1.93 bits per heavy atom. The van der Waals surface area contributed by atoms with E-state index in [9.17, 15) is 4.79 Å². The topological polar surface area (TPSA) is 78.8 Å². The maximum absolute atomic E-state index is 9.86. The zero-order valence-electron chi connectivity index (χ0n) is 7.89. The van der Waals surface area contributed by atoms with E-state index in [0.717, 1.165) is 25.7 Å². The minimum absolute atomic E-state index is 0.283. The first-order valence-electron chi connectivity index (χ1n) is 4.43. The highest BCUT2D eigenvalue weighted by atomic mass is 32.5. The highest BCUT2D eigenvalue weighted by molar-refractivity contribution is 8.06. The van der Waals surface area contributed by atoms with Gasteiger partial charge in [0.05, 0.1) is 6.61 Å². The molecule has 3 N–H and O–H groups in total. The van der Waals surface area contributed by atoms with Crippen molar-refractivity contribution in [3.63, 3.8) is 0 Å². The van der Waals surface area contributed by atoms with Crippen molar-refractivity contribution in [3.05, 3.63) is 0 Å². The molecule has 7 heteroatoms. The molecule has 0 saturated heterocycles. The average molecular weight is 241 g/mol. The molecular weight excluding hydrogens is 225 g/mol. The normalized spacial score (nSPS) is 11.3. The Hall–Kier alpha value is -0.0000000000000000833. The third kappa shape index (κ3) is 12.0. The molecule has 0 aliphatic rings. The zero-order chi connectivity index (χ0) is 10.9. The molecule has 84 valence electrons.